The molecule has 1 saturated carbocycles. The van der Waals surface area contributed by atoms with Gasteiger partial charge in [0.1, 0.15) is 0 Å². The van der Waals surface area contributed by atoms with Crippen LogP contribution in [0.1, 0.15) is 18.4 Å². The molecule has 2 N–H and O–H groups in total. The number of hydrogen-bond acceptors (Lipinski definition) is 2. The summed E-state index contributed by atoms with van der Waals surface area (Å²) in [6.07, 6.45) is 2.22. The van der Waals surface area contributed by atoms with E-state index in [1.54, 1.807) is 0 Å². The van der Waals surface area contributed by atoms with E-state index in [0.717, 1.165) is 31.1 Å². The van der Waals surface area contributed by atoms with Gasteiger partial charge in [0, 0.05) is 10.6 Å². The van der Waals surface area contributed by atoms with Crippen LogP contribution in [0.4, 0.5) is 0 Å². The van der Waals surface area contributed by atoms with Gasteiger partial charge in [0.25, 0.3) is 0 Å². The van der Waals surface area contributed by atoms with Crippen LogP contribution in [0.25, 0.3) is 0 Å². The van der Waals surface area contributed by atoms with Gasteiger partial charge in [0.15, 0.2) is 0 Å². The Kier molecular flexibility index (Phi) is 1.91. The third-order valence-corrected chi connectivity index (χ3v) is 4.09. The van der Waals surface area contributed by atoms with Crippen molar-refractivity contribution in [3.63, 3.8) is 0 Å². The topological polar surface area (TPSA) is 35.2 Å². The Bertz CT molecular complexity index is 379. The van der Waals surface area contributed by atoms with E-state index in [1.165, 1.54) is 5.56 Å². The molecule has 1 saturated heterocycles. The lowest BCUT2D eigenvalue weighted by atomic mass is 9.71. The van der Waals surface area contributed by atoms with E-state index in [4.69, 9.17) is 22.1 Å². The van der Waals surface area contributed by atoms with Crippen LogP contribution < -0.4 is 5.73 Å². The van der Waals surface area contributed by atoms with Crippen molar-refractivity contribution in [2.75, 3.05) is 13.2 Å². The van der Waals surface area contributed by atoms with Crippen LogP contribution in [-0.2, 0) is 10.2 Å². The second kappa shape index (κ2) is 2.97. The lowest BCUT2D eigenvalue weighted by molar-refractivity contribution is -0.0786. The summed E-state index contributed by atoms with van der Waals surface area (Å²) in [6.45, 7) is 1.51. The molecule has 2 fully saturated rings. The Balaban J connectivity index is 2.00. The minimum Gasteiger partial charge on any atom is -0.379 e. The predicted molar refractivity (Wildman–Crippen MR) is 60.1 cm³/mol. The maximum Gasteiger partial charge on any atom is 0.0603 e. The van der Waals surface area contributed by atoms with Gasteiger partial charge in [-0.1, -0.05) is 23.7 Å². The first-order chi connectivity index (χ1) is 7.16. The molecule has 0 unspecified atom stereocenters. The van der Waals surface area contributed by atoms with Crippen molar-refractivity contribution < 1.29 is 4.74 Å². The summed E-state index contributed by atoms with van der Waals surface area (Å²) >= 11 is 5.89. The summed E-state index contributed by atoms with van der Waals surface area (Å²) in [7, 11) is 0. The molecule has 0 atom stereocenters. The third-order valence-electron chi connectivity index (χ3n) is 3.84. The first kappa shape index (κ1) is 9.64. The van der Waals surface area contributed by atoms with Crippen LogP contribution in [0, 0.1) is 0 Å². The molecule has 2 aliphatic rings. The van der Waals surface area contributed by atoms with E-state index < -0.39 is 0 Å². The maximum atomic E-state index is 6.34. The SMILES string of the molecule is NC1(C2(c3ccc(Cl)cc3)COC2)CC1. The van der Waals surface area contributed by atoms with E-state index in [9.17, 15) is 0 Å². The zero-order valence-electron chi connectivity index (χ0n) is 8.50. The predicted octanol–water partition coefficient (Wildman–Crippen LogP) is 2.10. The number of rotatable bonds is 2. The van der Waals surface area contributed by atoms with E-state index in [-0.39, 0.29) is 11.0 Å². The molecular weight excluding hydrogens is 210 g/mol. The maximum absolute atomic E-state index is 6.34. The highest BCUT2D eigenvalue weighted by molar-refractivity contribution is 6.30. The Morgan fingerprint density at radius 1 is 1.13 bits per heavy atom. The van der Waals surface area contributed by atoms with Crippen molar-refractivity contribution in [2.45, 2.75) is 23.8 Å². The molecule has 3 heteroatoms. The van der Waals surface area contributed by atoms with Gasteiger partial charge in [-0.25, -0.2) is 0 Å². The molecule has 0 aromatic heterocycles. The first-order valence-corrected chi connectivity index (χ1v) is 5.67. The highest BCUT2D eigenvalue weighted by atomic mass is 35.5. The van der Waals surface area contributed by atoms with Gasteiger partial charge in [-0.2, -0.15) is 0 Å². The van der Waals surface area contributed by atoms with Gasteiger partial charge >= 0.3 is 0 Å². The molecule has 0 spiro atoms. The van der Waals surface area contributed by atoms with Gasteiger partial charge in [-0.3, -0.25) is 0 Å². The summed E-state index contributed by atoms with van der Waals surface area (Å²) in [5.41, 5.74) is 7.64. The Morgan fingerprint density at radius 2 is 1.73 bits per heavy atom. The summed E-state index contributed by atoms with van der Waals surface area (Å²) < 4.78 is 5.38. The standard InChI is InChI=1S/C12H14ClNO/c13-10-3-1-9(2-4-10)11(7-15-8-11)12(14)5-6-12/h1-4H,5-8,14H2. The normalized spacial score (nSPS) is 25.7. The summed E-state index contributed by atoms with van der Waals surface area (Å²) in [6, 6.07) is 8.03. The van der Waals surface area contributed by atoms with Gasteiger partial charge in [0.05, 0.1) is 18.6 Å². The van der Waals surface area contributed by atoms with Crippen LogP contribution in [0.3, 0.4) is 0 Å². The molecular formula is C12H14ClNO. The molecule has 15 heavy (non-hydrogen) atoms. The van der Waals surface area contributed by atoms with Crippen molar-refractivity contribution in [1.29, 1.82) is 0 Å². The number of halogens is 1. The summed E-state index contributed by atoms with van der Waals surface area (Å²) in [5, 5.41) is 0.774. The quantitative estimate of drug-likeness (QED) is 0.834. The highest BCUT2D eigenvalue weighted by Crippen LogP contribution is 2.53. The molecule has 1 heterocycles. The van der Waals surface area contributed by atoms with Gasteiger partial charge in [0.2, 0.25) is 0 Å². The van der Waals surface area contributed by atoms with Crippen molar-refractivity contribution >= 4 is 11.6 Å². The fourth-order valence-electron chi connectivity index (χ4n) is 2.43. The van der Waals surface area contributed by atoms with E-state index >= 15 is 0 Å². The van der Waals surface area contributed by atoms with Crippen LogP contribution in [-0.4, -0.2) is 18.8 Å². The zero-order valence-corrected chi connectivity index (χ0v) is 9.26. The average molecular weight is 224 g/mol. The molecule has 2 nitrogen and oxygen atoms in total. The largest absolute Gasteiger partial charge is 0.379 e. The minimum absolute atomic E-state index is 0.0287. The fraction of sp³-hybridized carbons (Fsp3) is 0.500. The molecule has 1 aliphatic carbocycles. The average Bonchev–Trinajstić information content (AvgIpc) is 2.86. The van der Waals surface area contributed by atoms with Crippen LogP contribution >= 0.6 is 11.6 Å². The van der Waals surface area contributed by atoms with Gasteiger partial charge < -0.3 is 10.5 Å². The van der Waals surface area contributed by atoms with E-state index in [2.05, 4.69) is 12.1 Å². The number of ether oxygens (including phenoxy) is 1. The number of nitrogens with two attached hydrogens (primary N) is 1. The molecule has 0 radical (unpaired) electrons. The second-order valence-corrected chi connectivity index (χ2v) is 5.17. The van der Waals surface area contributed by atoms with Gasteiger partial charge in [-0.05, 0) is 30.5 Å². The Labute approximate surface area is 94.4 Å². The molecule has 80 valence electrons. The smallest absolute Gasteiger partial charge is 0.0603 e. The monoisotopic (exact) mass is 223 g/mol. The van der Waals surface area contributed by atoms with E-state index in [0.29, 0.717) is 0 Å². The molecule has 1 aromatic rings. The van der Waals surface area contributed by atoms with Crippen LogP contribution in [0.15, 0.2) is 24.3 Å². The molecule has 0 amide bonds. The molecule has 1 aliphatic heterocycles. The van der Waals surface area contributed by atoms with Crippen molar-refractivity contribution in [3.8, 4) is 0 Å². The second-order valence-electron chi connectivity index (χ2n) is 4.74. The first-order valence-electron chi connectivity index (χ1n) is 5.29. The lowest BCUT2D eigenvalue weighted by Crippen LogP contribution is -2.60. The molecule has 3 rings (SSSR count). The van der Waals surface area contributed by atoms with Crippen molar-refractivity contribution in [1.82, 2.24) is 0 Å². The zero-order chi connectivity index (χ0) is 10.5. The highest BCUT2D eigenvalue weighted by Gasteiger charge is 2.61. The van der Waals surface area contributed by atoms with Crippen molar-refractivity contribution in [2.24, 2.45) is 5.73 Å². The molecule has 1 aromatic carbocycles. The summed E-state index contributed by atoms with van der Waals surface area (Å²) in [5.74, 6) is 0. The summed E-state index contributed by atoms with van der Waals surface area (Å²) in [4.78, 5) is 0. The van der Waals surface area contributed by atoms with E-state index in [1.807, 2.05) is 12.1 Å². The van der Waals surface area contributed by atoms with Gasteiger partial charge in [-0.15, -0.1) is 0 Å². The van der Waals surface area contributed by atoms with Crippen molar-refractivity contribution in [3.05, 3.63) is 34.9 Å². The Hall–Kier alpha value is -0.570. The number of benzene rings is 1. The fourth-order valence-corrected chi connectivity index (χ4v) is 2.56. The van der Waals surface area contributed by atoms with Crippen LogP contribution in [0.5, 0.6) is 0 Å². The molecule has 0 bridgehead atoms. The van der Waals surface area contributed by atoms with Crippen LogP contribution in [0.2, 0.25) is 5.02 Å². The lowest BCUT2D eigenvalue weighted by Gasteiger charge is -2.47. The Morgan fingerprint density at radius 3 is 2.13 bits per heavy atom. The number of hydrogen-bond donors (Lipinski definition) is 1. The third kappa shape index (κ3) is 1.25. The minimum atomic E-state index is -0.0287.